The Morgan fingerprint density at radius 3 is 2.29 bits per heavy atom. The number of rotatable bonds is 8. The molecular weight excluding hydrogens is 462 g/mol. The summed E-state index contributed by atoms with van der Waals surface area (Å²) < 4.78 is 5.65. The van der Waals surface area contributed by atoms with Crippen LogP contribution in [0.1, 0.15) is 40.5 Å². The molecule has 1 N–H and O–H groups in total. The second-order valence-corrected chi connectivity index (χ2v) is 8.90. The summed E-state index contributed by atoms with van der Waals surface area (Å²) in [5.41, 5.74) is 2.78. The van der Waals surface area contributed by atoms with Gasteiger partial charge in [-0.2, -0.15) is 0 Å². The van der Waals surface area contributed by atoms with Crippen molar-refractivity contribution < 1.29 is 14.3 Å². The summed E-state index contributed by atoms with van der Waals surface area (Å²) >= 11 is 6.58. The maximum atomic E-state index is 12.7. The van der Waals surface area contributed by atoms with Crippen molar-refractivity contribution in [2.75, 3.05) is 43.0 Å². The van der Waals surface area contributed by atoms with E-state index in [-0.39, 0.29) is 11.8 Å². The van der Waals surface area contributed by atoms with E-state index in [0.29, 0.717) is 54.6 Å². The number of piperazine rings is 1. The monoisotopic (exact) mass is 491 g/mol. The second-order valence-electron chi connectivity index (χ2n) is 8.49. The van der Waals surface area contributed by atoms with Crippen molar-refractivity contribution >= 4 is 34.8 Å². The Morgan fingerprint density at radius 1 is 0.914 bits per heavy atom. The summed E-state index contributed by atoms with van der Waals surface area (Å²) in [5.74, 6) is 0.602. The summed E-state index contributed by atoms with van der Waals surface area (Å²) in [6, 6.07) is 22.0. The van der Waals surface area contributed by atoms with Crippen LogP contribution in [0.4, 0.5) is 11.4 Å². The van der Waals surface area contributed by atoms with Crippen LogP contribution in [0.5, 0.6) is 5.75 Å². The van der Waals surface area contributed by atoms with Crippen molar-refractivity contribution in [1.29, 1.82) is 0 Å². The van der Waals surface area contributed by atoms with Crippen LogP contribution in [-0.2, 0) is 0 Å². The van der Waals surface area contributed by atoms with E-state index in [2.05, 4.69) is 17.1 Å². The molecule has 2 amide bonds. The third-order valence-electron chi connectivity index (χ3n) is 6.02. The fourth-order valence-electron chi connectivity index (χ4n) is 4.00. The largest absolute Gasteiger partial charge is 0.494 e. The molecule has 0 aromatic heterocycles. The van der Waals surface area contributed by atoms with Crippen molar-refractivity contribution in [3.63, 3.8) is 0 Å². The minimum absolute atomic E-state index is 0.0509. The topological polar surface area (TPSA) is 61.9 Å². The molecule has 1 saturated heterocycles. The predicted octanol–water partition coefficient (Wildman–Crippen LogP) is 5.73. The molecule has 0 aliphatic carbocycles. The van der Waals surface area contributed by atoms with Crippen LogP contribution < -0.4 is 15.0 Å². The number of benzene rings is 3. The molecule has 6 nitrogen and oxygen atoms in total. The molecule has 0 atom stereocenters. The van der Waals surface area contributed by atoms with E-state index in [1.54, 1.807) is 18.2 Å². The molecule has 1 aliphatic rings. The van der Waals surface area contributed by atoms with E-state index in [1.165, 1.54) is 0 Å². The molecule has 35 heavy (non-hydrogen) atoms. The number of halogens is 1. The highest BCUT2D eigenvalue weighted by molar-refractivity contribution is 6.33. The van der Waals surface area contributed by atoms with E-state index in [0.717, 1.165) is 24.3 Å². The predicted molar refractivity (Wildman–Crippen MR) is 141 cm³/mol. The van der Waals surface area contributed by atoms with Gasteiger partial charge in [-0.05, 0) is 61.0 Å². The van der Waals surface area contributed by atoms with Gasteiger partial charge in [-0.1, -0.05) is 43.1 Å². The van der Waals surface area contributed by atoms with Gasteiger partial charge in [0.15, 0.2) is 0 Å². The molecular formula is C28H30ClN3O3. The van der Waals surface area contributed by atoms with Gasteiger partial charge in [-0.3, -0.25) is 9.59 Å². The zero-order valence-electron chi connectivity index (χ0n) is 19.9. The average molecular weight is 492 g/mol. The van der Waals surface area contributed by atoms with Gasteiger partial charge in [0.1, 0.15) is 5.75 Å². The van der Waals surface area contributed by atoms with Gasteiger partial charge in [0, 0.05) is 43.0 Å². The minimum atomic E-state index is -0.207. The van der Waals surface area contributed by atoms with Crippen molar-refractivity contribution in [3.05, 3.63) is 88.9 Å². The van der Waals surface area contributed by atoms with E-state index in [9.17, 15) is 9.59 Å². The first-order chi connectivity index (χ1) is 17.0. The van der Waals surface area contributed by atoms with Crippen molar-refractivity contribution in [2.24, 2.45) is 0 Å². The standard InChI is InChI=1S/C28H30ClN3O3/c1-2-3-19-35-24-12-9-21(10-13-24)27(33)30-23-11-14-26(25(29)20-23)31-15-17-32(18-16-31)28(34)22-7-5-4-6-8-22/h4-14,20H,2-3,15-19H2,1H3,(H,30,33). The first-order valence-corrected chi connectivity index (χ1v) is 12.4. The summed E-state index contributed by atoms with van der Waals surface area (Å²) in [6.07, 6.45) is 2.08. The number of hydrogen-bond donors (Lipinski definition) is 1. The molecule has 0 spiro atoms. The lowest BCUT2D eigenvalue weighted by atomic mass is 10.1. The van der Waals surface area contributed by atoms with Crippen LogP contribution in [0.3, 0.4) is 0 Å². The van der Waals surface area contributed by atoms with Gasteiger partial charge >= 0.3 is 0 Å². The summed E-state index contributed by atoms with van der Waals surface area (Å²) in [6.45, 7) is 5.42. The Morgan fingerprint density at radius 2 is 1.63 bits per heavy atom. The minimum Gasteiger partial charge on any atom is -0.494 e. The Labute approximate surface area is 211 Å². The van der Waals surface area contributed by atoms with Gasteiger partial charge in [0.25, 0.3) is 11.8 Å². The van der Waals surface area contributed by atoms with Crippen LogP contribution in [0.15, 0.2) is 72.8 Å². The third-order valence-corrected chi connectivity index (χ3v) is 6.32. The van der Waals surface area contributed by atoms with Crippen LogP contribution in [0.25, 0.3) is 0 Å². The van der Waals surface area contributed by atoms with Crippen molar-refractivity contribution in [2.45, 2.75) is 19.8 Å². The lowest BCUT2D eigenvalue weighted by molar-refractivity contribution is 0.0746. The molecule has 1 heterocycles. The average Bonchev–Trinajstić information content (AvgIpc) is 2.89. The van der Waals surface area contributed by atoms with Gasteiger partial charge < -0.3 is 19.9 Å². The normalized spacial score (nSPS) is 13.4. The highest BCUT2D eigenvalue weighted by Gasteiger charge is 2.23. The lowest BCUT2D eigenvalue weighted by Crippen LogP contribution is -2.48. The van der Waals surface area contributed by atoms with Crippen molar-refractivity contribution in [1.82, 2.24) is 4.90 Å². The Balaban J connectivity index is 1.32. The fraction of sp³-hybridized carbons (Fsp3) is 0.286. The van der Waals surface area contributed by atoms with Crippen LogP contribution in [-0.4, -0.2) is 49.5 Å². The summed E-state index contributed by atoms with van der Waals surface area (Å²) in [4.78, 5) is 29.4. The molecule has 4 rings (SSSR count). The van der Waals surface area contributed by atoms with Gasteiger partial charge in [-0.25, -0.2) is 0 Å². The van der Waals surface area contributed by atoms with Crippen molar-refractivity contribution in [3.8, 4) is 5.75 Å². The van der Waals surface area contributed by atoms with E-state index >= 15 is 0 Å². The maximum Gasteiger partial charge on any atom is 0.255 e. The number of anilines is 2. The number of nitrogens with one attached hydrogen (secondary N) is 1. The SMILES string of the molecule is CCCCOc1ccc(C(=O)Nc2ccc(N3CCN(C(=O)c4ccccc4)CC3)c(Cl)c2)cc1. The molecule has 1 fully saturated rings. The molecule has 1 aliphatic heterocycles. The van der Waals surface area contributed by atoms with Crippen LogP contribution in [0.2, 0.25) is 5.02 Å². The third kappa shape index (κ3) is 6.34. The quantitative estimate of drug-likeness (QED) is 0.408. The number of nitrogens with zero attached hydrogens (tertiary/aromatic N) is 2. The van der Waals surface area contributed by atoms with Gasteiger partial charge in [-0.15, -0.1) is 0 Å². The Kier molecular flexibility index (Phi) is 8.27. The molecule has 0 unspecified atom stereocenters. The summed E-state index contributed by atoms with van der Waals surface area (Å²) in [5, 5.41) is 3.47. The first-order valence-electron chi connectivity index (χ1n) is 12.0. The molecule has 0 bridgehead atoms. The number of carbonyl (C=O) groups is 2. The fourth-order valence-corrected chi connectivity index (χ4v) is 4.30. The number of ether oxygens (including phenoxy) is 1. The zero-order valence-corrected chi connectivity index (χ0v) is 20.6. The first kappa shape index (κ1) is 24.6. The maximum absolute atomic E-state index is 12.7. The zero-order chi connectivity index (χ0) is 24.6. The smallest absolute Gasteiger partial charge is 0.255 e. The summed E-state index contributed by atoms with van der Waals surface area (Å²) in [7, 11) is 0. The van der Waals surface area contributed by atoms with E-state index in [4.69, 9.17) is 16.3 Å². The lowest BCUT2D eigenvalue weighted by Gasteiger charge is -2.36. The number of amides is 2. The number of hydrogen-bond acceptors (Lipinski definition) is 4. The second kappa shape index (κ2) is 11.8. The highest BCUT2D eigenvalue weighted by Crippen LogP contribution is 2.30. The molecule has 0 saturated carbocycles. The molecule has 182 valence electrons. The Hall–Kier alpha value is -3.51. The van der Waals surface area contributed by atoms with Crippen LogP contribution >= 0.6 is 11.6 Å². The van der Waals surface area contributed by atoms with E-state index in [1.807, 2.05) is 59.5 Å². The highest BCUT2D eigenvalue weighted by atomic mass is 35.5. The molecule has 3 aromatic rings. The molecule has 3 aromatic carbocycles. The molecule has 7 heteroatoms. The number of carbonyl (C=O) groups excluding carboxylic acids is 2. The van der Waals surface area contributed by atoms with Gasteiger partial charge in [0.05, 0.1) is 17.3 Å². The Bertz CT molecular complexity index is 1140. The number of unbranched alkanes of at least 4 members (excludes halogenated alkanes) is 1. The molecule has 0 radical (unpaired) electrons. The van der Waals surface area contributed by atoms with Crippen LogP contribution in [0, 0.1) is 0 Å². The van der Waals surface area contributed by atoms with E-state index < -0.39 is 0 Å². The van der Waals surface area contributed by atoms with Gasteiger partial charge in [0.2, 0.25) is 0 Å².